The van der Waals surface area contributed by atoms with Crippen LogP contribution in [0.4, 0.5) is 0 Å². The van der Waals surface area contributed by atoms with Gasteiger partial charge in [0.15, 0.2) is 0 Å². The van der Waals surface area contributed by atoms with Crippen LogP contribution in [0.15, 0.2) is 37.1 Å². The molecule has 0 fully saturated rings. The maximum atomic E-state index is 11.7. The summed E-state index contributed by atoms with van der Waals surface area (Å²) in [6.07, 6.45) is 4.36. The summed E-state index contributed by atoms with van der Waals surface area (Å²) >= 11 is 0. The van der Waals surface area contributed by atoms with Crippen molar-refractivity contribution in [3.63, 3.8) is 0 Å². The van der Waals surface area contributed by atoms with Gasteiger partial charge in [0.1, 0.15) is 0 Å². The van der Waals surface area contributed by atoms with Gasteiger partial charge in [-0.15, -0.1) is 0 Å². The van der Waals surface area contributed by atoms with Gasteiger partial charge < -0.3 is 4.74 Å². The Bertz CT molecular complexity index is 378. The molecule has 17 heavy (non-hydrogen) atoms. The number of hydrogen-bond donors (Lipinski definition) is 0. The molecular weight excluding hydrogens is 212 g/mol. The van der Waals surface area contributed by atoms with E-state index < -0.39 is 0 Å². The van der Waals surface area contributed by atoms with Crippen LogP contribution in [0, 0.1) is 5.92 Å². The largest absolute Gasteiger partial charge is 0.432 e. The Morgan fingerprint density at radius 1 is 1.35 bits per heavy atom. The average molecular weight is 232 g/mol. The summed E-state index contributed by atoms with van der Waals surface area (Å²) in [4.78, 5) is 11.7. The first-order valence-electron chi connectivity index (χ1n) is 6.12. The molecule has 0 N–H and O–H groups in total. The lowest BCUT2D eigenvalue weighted by Crippen LogP contribution is -2.09. The Kier molecular flexibility index (Phi) is 5.47. The van der Waals surface area contributed by atoms with Crippen LogP contribution in [0.3, 0.4) is 0 Å². The van der Waals surface area contributed by atoms with Gasteiger partial charge in [-0.05, 0) is 24.0 Å². The van der Waals surface area contributed by atoms with Gasteiger partial charge in [0.25, 0.3) is 0 Å². The van der Waals surface area contributed by atoms with Gasteiger partial charge in [0, 0.05) is 0 Å². The van der Waals surface area contributed by atoms with Gasteiger partial charge in [-0.25, -0.2) is 4.79 Å². The molecule has 0 heterocycles. The van der Waals surface area contributed by atoms with E-state index in [4.69, 9.17) is 4.74 Å². The quantitative estimate of drug-likeness (QED) is 0.548. The third-order valence-electron chi connectivity index (χ3n) is 3.09. The zero-order valence-electron chi connectivity index (χ0n) is 10.6. The van der Waals surface area contributed by atoms with E-state index in [0.717, 1.165) is 24.8 Å². The van der Waals surface area contributed by atoms with Crippen LogP contribution in [0.5, 0.6) is 0 Å². The van der Waals surface area contributed by atoms with Gasteiger partial charge in [-0.1, -0.05) is 51.5 Å². The normalized spacial score (nSPS) is 10.3. The number of esters is 1. The molecule has 92 valence electrons. The van der Waals surface area contributed by atoms with Gasteiger partial charge in [0.2, 0.25) is 0 Å². The fraction of sp³-hybridized carbons (Fsp3) is 0.400. The lowest BCUT2D eigenvalue weighted by atomic mass is 9.92. The second-order valence-corrected chi connectivity index (χ2v) is 4.12. The van der Waals surface area contributed by atoms with Gasteiger partial charge in [0.05, 0.1) is 11.8 Å². The lowest BCUT2D eigenvalue weighted by Gasteiger charge is -2.14. The number of ether oxygens (including phenoxy) is 1. The van der Waals surface area contributed by atoms with Crippen LogP contribution in [-0.2, 0) is 11.2 Å². The van der Waals surface area contributed by atoms with Crippen LogP contribution in [0.2, 0.25) is 0 Å². The molecule has 2 nitrogen and oxygen atoms in total. The first kappa shape index (κ1) is 13.5. The minimum absolute atomic E-state index is 0.318. The summed E-state index contributed by atoms with van der Waals surface area (Å²) in [6.45, 7) is 7.76. The van der Waals surface area contributed by atoms with E-state index in [2.05, 4.69) is 20.4 Å². The summed E-state index contributed by atoms with van der Waals surface area (Å²) in [6, 6.07) is 7.63. The Balaban J connectivity index is 2.91. The SMILES string of the molecule is C=COC(=O)c1ccccc1CC(CC)CC. The Morgan fingerprint density at radius 3 is 2.59 bits per heavy atom. The second kappa shape index (κ2) is 6.89. The highest BCUT2D eigenvalue weighted by Crippen LogP contribution is 2.19. The van der Waals surface area contributed by atoms with Crippen molar-refractivity contribution >= 4 is 5.97 Å². The molecule has 1 rings (SSSR count). The maximum absolute atomic E-state index is 11.7. The van der Waals surface area contributed by atoms with Crippen LogP contribution in [-0.4, -0.2) is 5.97 Å². The predicted molar refractivity (Wildman–Crippen MR) is 69.8 cm³/mol. The summed E-state index contributed by atoms with van der Waals surface area (Å²) in [5, 5.41) is 0. The molecule has 0 radical (unpaired) electrons. The van der Waals surface area contributed by atoms with Crippen molar-refractivity contribution in [1.82, 2.24) is 0 Å². The van der Waals surface area contributed by atoms with Crippen molar-refractivity contribution in [1.29, 1.82) is 0 Å². The molecule has 0 bridgehead atoms. The third kappa shape index (κ3) is 3.74. The Hall–Kier alpha value is -1.57. The molecule has 0 spiro atoms. The zero-order chi connectivity index (χ0) is 12.7. The minimum atomic E-state index is -0.318. The van der Waals surface area contributed by atoms with E-state index in [1.807, 2.05) is 24.3 Å². The summed E-state index contributed by atoms with van der Waals surface area (Å²) in [5.41, 5.74) is 1.72. The monoisotopic (exact) mass is 232 g/mol. The minimum Gasteiger partial charge on any atom is -0.432 e. The molecule has 0 atom stereocenters. The van der Waals surface area contributed by atoms with Crippen LogP contribution in [0.25, 0.3) is 0 Å². The van der Waals surface area contributed by atoms with E-state index in [1.165, 1.54) is 6.26 Å². The van der Waals surface area contributed by atoms with E-state index in [-0.39, 0.29) is 5.97 Å². The highest BCUT2D eigenvalue weighted by molar-refractivity contribution is 5.91. The van der Waals surface area contributed by atoms with E-state index in [0.29, 0.717) is 11.5 Å². The van der Waals surface area contributed by atoms with Gasteiger partial charge >= 0.3 is 5.97 Å². The van der Waals surface area contributed by atoms with E-state index in [9.17, 15) is 4.79 Å². The van der Waals surface area contributed by atoms with Gasteiger partial charge in [-0.2, -0.15) is 0 Å². The lowest BCUT2D eigenvalue weighted by molar-refractivity contribution is 0.0662. The third-order valence-corrected chi connectivity index (χ3v) is 3.09. The second-order valence-electron chi connectivity index (χ2n) is 4.12. The molecule has 0 amide bonds. The first-order valence-corrected chi connectivity index (χ1v) is 6.12. The van der Waals surface area contributed by atoms with Crippen molar-refractivity contribution in [3.8, 4) is 0 Å². The Morgan fingerprint density at radius 2 is 2.00 bits per heavy atom. The fourth-order valence-corrected chi connectivity index (χ4v) is 1.92. The van der Waals surface area contributed by atoms with Crippen LogP contribution < -0.4 is 0 Å². The average Bonchev–Trinajstić information content (AvgIpc) is 2.36. The van der Waals surface area contributed by atoms with Crippen LogP contribution in [0.1, 0.15) is 42.6 Å². The molecule has 0 aliphatic heterocycles. The number of benzene rings is 1. The Labute approximate surface area is 103 Å². The molecule has 0 saturated carbocycles. The summed E-state index contributed by atoms with van der Waals surface area (Å²) in [5.74, 6) is 0.300. The maximum Gasteiger partial charge on any atom is 0.343 e. The van der Waals surface area contributed by atoms with Gasteiger partial charge in [-0.3, -0.25) is 0 Å². The topological polar surface area (TPSA) is 26.3 Å². The summed E-state index contributed by atoms with van der Waals surface area (Å²) in [7, 11) is 0. The predicted octanol–water partition coefficient (Wildman–Crippen LogP) is 3.97. The van der Waals surface area contributed by atoms with Crippen molar-refractivity contribution in [2.24, 2.45) is 5.92 Å². The van der Waals surface area contributed by atoms with Crippen molar-refractivity contribution in [3.05, 3.63) is 48.2 Å². The molecule has 0 aliphatic rings. The molecular formula is C15H20O2. The number of hydrogen-bond acceptors (Lipinski definition) is 2. The standard InChI is InChI=1S/C15H20O2/c1-4-12(5-2)11-13-9-7-8-10-14(13)15(16)17-6-3/h6-10,12H,3-5,11H2,1-2H3. The smallest absolute Gasteiger partial charge is 0.343 e. The molecule has 2 heteroatoms. The zero-order valence-corrected chi connectivity index (χ0v) is 10.6. The number of carbonyl (C=O) groups is 1. The van der Waals surface area contributed by atoms with Crippen molar-refractivity contribution < 1.29 is 9.53 Å². The van der Waals surface area contributed by atoms with Crippen molar-refractivity contribution in [2.45, 2.75) is 33.1 Å². The highest BCUT2D eigenvalue weighted by Gasteiger charge is 2.14. The molecule has 0 aliphatic carbocycles. The van der Waals surface area contributed by atoms with E-state index >= 15 is 0 Å². The fourth-order valence-electron chi connectivity index (χ4n) is 1.92. The summed E-state index contributed by atoms with van der Waals surface area (Å²) < 4.78 is 4.84. The van der Waals surface area contributed by atoms with Crippen molar-refractivity contribution in [2.75, 3.05) is 0 Å². The highest BCUT2D eigenvalue weighted by atomic mass is 16.5. The van der Waals surface area contributed by atoms with E-state index in [1.54, 1.807) is 0 Å². The number of carbonyl (C=O) groups excluding carboxylic acids is 1. The molecule has 0 aromatic heterocycles. The molecule has 1 aromatic carbocycles. The number of rotatable bonds is 6. The molecule has 0 unspecified atom stereocenters. The molecule has 1 aromatic rings. The first-order chi connectivity index (χ1) is 8.22. The molecule has 0 saturated heterocycles. The van der Waals surface area contributed by atoms with Crippen LogP contribution >= 0.6 is 0 Å².